The van der Waals surface area contributed by atoms with Gasteiger partial charge in [0.2, 0.25) is 0 Å². The van der Waals surface area contributed by atoms with E-state index in [2.05, 4.69) is 13.8 Å². The van der Waals surface area contributed by atoms with Gasteiger partial charge in [-0.15, -0.1) is 0 Å². The van der Waals surface area contributed by atoms with Gasteiger partial charge in [0.05, 0.1) is 0 Å². The summed E-state index contributed by atoms with van der Waals surface area (Å²) in [6, 6.07) is 0. The summed E-state index contributed by atoms with van der Waals surface area (Å²) in [6.07, 6.45) is 20.4. The van der Waals surface area contributed by atoms with E-state index in [1.54, 1.807) is 0 Å². The van der Waals surface area contributed by atoms with Crippen LogP contribution in [0.1, 0.15) is 104 Å². The molecule has 0 rings (SSSR count). The summed E-state index contributed by atoms with van der Waals surface area (Å²) in [5.41, 5.74) is 0. The van der Waals surface area contributed by atoms with E-state index in [0.29, 0.717) is 0 Å². The second kappa shape index (κ2) is 19.3. The summed E-state index contributed by atoms with van der Waals surface area (Å²) in [7, 11) is 0. The van der Waals surface area contributed by atoms with Crippen molar-refractivity contribution < 1.29 is 0 Å². The van der Waals surface area contributed by atoms with E-state index in [4.69, 9.17) is 0 Å². The van der Waals surface area contributed by atoms with E-state index in [1.807, 2.05) is 0 Å². The maximum atomic E-state index is 2.29. The van der Waals surface area contributed by atoms with Crippen LogP contribution in [0.25, 0.3) is 0 Å². The van der Waals surface area contributed by atoms with Crippen LogP contribution < -0.4 is 0 Å². The molecule has 0 fully saturated rings. The van der Waals surface area contributed by atoms with Crippen LogP contribution >= 0.6 is 0 Å². The fourth-order valence-electron chi connectivity index (χ4n) is 2.27. The molecule has 0 bridgehead atoms. The van der Waals surface area contributed by atoms with Gasteiger partial charge in [-0.05, 0) is 0 Å². The first-order valence-electron chi connectivity index (χ1n) is 7.91. The number of hydrogen-bond donors (Lipinski definition) is 0. The van der Waals surface area contributed by atoms with E-state index in [-0.39, 0.29) is 29.6 Å². The van der Waals surface area contributed by atoms with Crippen molar-refractivity contribution >= 4 is 29.6 Å². The predicted octanol–water partition coefficient (Wildman–Crippen LogP) is 5.84. The molecular formula is C16H35Na. The molecule has 17 heavy (non-hydrogen) atoms. The second-order valence-electron chi connectivity index (χ2n) is 5.24. The molecule has 0 saturated heterocycles. The van der Waals surface area contributed by atoms with Gasteiger partial charge < -0.3 is 0 Å². The van der Waals surface area contributed by atoms with Crippen molar-refractivity contribution in [1.29, 1.82) is 0 Å². The molecule has 0 unspecified atom stereocenters. The third-order valence-corrected chi connectivity index (χ3v) is 3.46. The zero-order valence-corrected chi connectivity index (χ0v) is 11.9. The molecule has 0 nitrogen and oxygen atoms in total. The summed E-state index contributed by atoms with van der Waals surface area (Å²) >= 11 is 0. The van der Waals surface area contributed by atoms with Gasteiger partial charge in [-0.1, -0.05) is 104 Å². The molecule has 0 aliphatic heterocycles. The maximum absolute atomic E-state index is 2.29. The van der Waals surface area contributed by atoms with Crippen LogP contribution in [0.3, 0.4) is 0 Å². The van der Waals surface area contributed by atoms with Gasteiger partial charge in [0.25, 0.3) is 0 Å². The minimum atomic E-state index is 0. The zero-order valence-electron chi connectivity index (χ0n) is 11.9. The fourth-order valence-corrected chi connectivity index (χ4v) is 2.27. The Hall–Kier alpha value is 1.00. The summed E-state index contributed by atoms with van der Waals surface area (Å²) in [4.78, 5) is 0. The van der Waals surface area contributed by atoms with E-state index >= 15 is 0 Å². The molecule has 0 aromatic rings. The molecule has 0 aliphatic rings. The normalized spacial score (nSPS) is 10.2. The Morgan fingerprint density at radius 2 is 0.529 bits per heavy atom. The minimum absolute atomic E-state index is 0. The molecule has 1 heteroatoms. The molecule has 0 N–H and O–H groups in total. The molecule has 0 aromatic heterocycles. The monoisotopic (exact) mass is 250 g/mol. The van der Waals surface area contributed by atoms with Crippen LogP contribution in [0.5, 0.6) is 0 Å². The standard InChI is InChI=1S/C16H34.Na.H/c1-3-5-7-9-11-13-15-16-14-12-10-8-6-4-2;;/h3-16H2,1-2H3;;. The van der Waals surface area contributed by atoms with E-state index in [9.17, 15) is 0 Å². The number of rotatable bonds is 13. The number of unbranched alkanes of at least 4 members (excludes halogenated alkanes) is 13. The van der Waals surface area contributed by atoms with Crippen LogP contribution in [-0.4, -0.2) is 29.6 Å². The van der Waals surface area contributed by atoms with Crippen LogP contribution in [0, 0.1) is 0 Å². The summed E-state index contributed by atoms with van der Waals surface area (Å²) in [5, 5.41) is 0. The van der Waals surface area contributed by atoms with Gasteiger partial charge in [0, 0.05) is 0 Å². The summed E-state index contributed by atoms with van der Waals surface area (Å²) in [5.74, 6) is 0. The van der Waals surface area contributed by atoms with Gasteiger partial charge >= 0.3 is 29.6 Å². The quantitative estimate of drug-likeness (QED) is 0.284. The van der Waals surface area contributed by atoms with Gasteiger partial charge in [-0.3, -0.25) is 0 Å². The number of hydrogen-bond acceptors (Lipinski definition) is 0. The zero-order chi connectivity index (χ0) is 11.9. The molecular weight excluding hydrogens is 215 g/mol. The van der Waals surface area contributed by atoms with Gasteiger partial charge in [0.15, 0.2) is 0 Å². The molecule has 0 atom stereocenters. The molecule has 0 aromatic carbocycles. The Kier molecular flexibility index (Phi) is 23.1. The van der Waals surface area contributed by atoms with Crippen molar-refractivity contribution in [2.45, 2.75) is 104 Å². The van der Waals surface area contributed by atoms with Gasteiger partial charge in [-0.25, -0.2) is 0 Å². The molecule has 0 radical (unpaired) electrons. The summed E-state index contributed by atoms with van der Waals surface area (Å²) < 4.78 is 0. The Morgan fingerprint density at radius 1 is 0.353 bits per heavy atom. The Labute approximate surface area is 133 Å². The molecule has 0 aliphatic carbocycles. The van der Waals surface area contributed by atoms with Crippen molar-refractivity contribution in [3.05, 3.63) is 0 Å². The average molecular weight is 250 g/mol. The van der Waals surface area contributed by atoms with Crippen LogP contribution in [0.2, 0.25) is 0 Å². The van der Waals surface area contributed by atoms with Crippen molar-refractivity contribution in [3.8, 4) is 0 Å². The average Bonchev–Trinajstić information content (AvgIpc) is 2.31. The van der Waals surface area contributed by atoms with Crippen LogP contribution in [0.15, 0.2) is 0 Å². The first-order valence-corrected chi connectivity index (χ1v) is 7.91. The van der Waals surface area contributed by atoms with Crippen molar-refractivity contribution in [3.63, 3.8) is 0 Å². The Bertz CT molecular complexity index is 98.1. The van der Waals surface area contributed by atoms with Crippen LogP contribution in [-0.2, 0) is 0 Å². The molecule has 0 spiro atoms. The van der Waals surface area contributed by atoms with Crippen LogP contribution in [0.4, 0.5) is 0 Å². The van der Waals surface area contributed by atoms with Crippen molar-refractivity contribution in [2.75, 3.05) is 0 Å². The van der Waals surface area contributed by atoms with E-state index < -0.39 is 0 Å². The molecule has 0 saturated carbocycles. The van der Waals surface area contributed by atoms with E-state index in [1.165, 1.54) is 89.9 Å². The van der Waals surface area contributed by atoms with E-state index in [0.717, 1.165) is 0 Å². The molecule has 100 valence electrons. The van der Waals surface area contributed by atoms with Crippen molar-refractivity contribution in [1.82, 2.24) is 0 Å². The summed E-state index contributed by atoms with van der Waals surface area (Å²) in [6.45, 7) is 4.58. The predicted molar refractivity (Wildman–Crippen MR) is 83.1 cm³/mol. The van der Waals surface area contributed by atoms with Crippen molar-refractivity contribution in [2.24, 2.45) is 0 Å². The third-order valence-electron chi connectivity index (χ3n) is 3.46. The fraction of sp³-hybridized carbons (Fsp3) is 1.00. The first-order chi connectivity index (χ1) is 7.91. The van der Waals surface area contributed by atoms with Gasteiger partial charge in [-0.2, -0.15) is 0 Å². The second-order valence-corrected chi connectivity index (χ2v) is 5.24. The van der Waals surface area contributed by atoms with Gasteiger partial charge in [0.1, 0.15) is 0 Å². The Balaban J connectivity index is 0. The SMILES string of the molecule is CCCCCCCCCCCCCCCC.[NaH]. The topological polar surface area (TPSA) is 0 Å². The molecule has 0 heterocycles. The third kappa shape index (κ3) is 19.5. The first kappa shape index (κ1) is 20.3. The Morgan fingerprint density at radius 3 is 0.706 bits per heavy atom. The molecule has 0 amide bonds.